The number of nitrogens with zero attached hydrogens (tertiary/aromatic N) is 3. The zero-order valence-electron chi connectivity index (χ0n) is 13.6. The molecule has 6 heteroatoms. The summed E-state index contributed by atoms with van der Waals surface area (Å²) < 4.78 is 7.77. The average Bonchev–Trinajstić information content (AvgIpc) is 2.95. The summed E-state index contributed by atoms with van der Waals surface area (Å²) in [5.74, 6) is 2.33. The summed E-state index contributed by atoms with van der Waals surface area (Å²) in [6.07, 6.45) is 0. The number of thioether (sulfide) groups is 1. The molecule has 4 nitrogen and oxygen atoms in total. The fraction of sp³-hybridized carbons (Fsp3) is 0.222. The zero-order chi connectivity index (χ0) is 16.9. The molecular weight excluding hydrogens is 342 g/mol. The maximum atomic E-state index is 6.08. The fourth-order valence-corrected chi connectivity index (χ4v) is 3.28. The third-order valence-corrected chi connectivity index (χ3v) is 4.70. The summed E-state index contributed by atoms with van der Waals surface area (Å²) in [5, 5.41) is 9.95. The van der Waals surface area contributed by atoms with Gasteiger partial charge in [0, 0.05) is 11.4 Å². The molecule has 0 atom stereocenters. The molecule has 0 saturated heterocycles. The van der Waals surface area contributed by atoms with Crippen LogP contribution in [-0.2, 0) is 0 Å². The van der Waals surface area contributed by atoms with Gasteiger partial charge in [-0.2, -0.15) is 0 Å². The van der Waals surface area contributed by atoms with Gasteiger partial charge in [-0.25, -0.2) is 0 Å². The van der Waals surface area contributed by atoms with Gasteiger partial charge in [0.25, 0.3) is 0 Å². The molecule has 0 bridgehead atoms. The smallest absolute Gasteiger partial charge is 0.195 e. The lowest BCUT2D eigenvalue weighted by Crippen LogP contribution is -2.03. The Balaban J connectivity index is 1.64. The largest absolute Gasteiger partial charge is 0.491 e. The molecule has 0 N–H and O–H groups in total. The minimum Gasteiger partial charge on any atom is -0.491 e. The third kappa shape index (κ3) is 3.91. The van der Waals surface area contributed by atoms with Crippen LogP contribution < -0.4 is 4.74 Å². The Morgan fingerprint density at radius 2 is 1.79 bits per heavy atom. The highest BCUT2D eigenvalue weighted by Crippen LogP contribution is 2.25. The molecule has 0 amide bonds. The summed E-state index contributed by atoms with van der Waals surface area (Å²) in [6, 6.07) is 15.8. The molecule has 0 radical (unpaired) electrons. The van der Waals surface area contributed by atoms with Gasteiger partial charge in [0.1, 0.15) is 11.6 Å². The van der Waals surface area contributed by atoms with E-state index in [1.165, 1.54) is 5.56 Å². The molecule has 3 rings (SSSR count). The van der Waals surface area contributed by atoms with Crippen molar-refractivity contribution in [1.29, 1.82) is 0 Å². The monoisotopic (exact) mass is 359 g/mol. The number of rotatable bonds is 6. The van der Waals surface area contributed by atoms with Gasteiger partial charge in [-0.05, 0) is 38.1 Å². The first-order chi connectivity index (χ1) is 11.6. The molecule has 0 unspecified atom stereocenters. The second kappa shape index (κ2) is 7.73. The van der Waals surface area contributed by atoms with Gasteiger partial charge in [-0.1, -0.05) is 53.2 Å². The molecule has 124 valence electrons. The van der Waals surface area contributed by atoms with Crippen molar-refractivity contribution in [3.8, 4) is 11.4 Å². The van der Waals surface area contributed by atoms with E-state index >= 15 is 0 Å². The van der Waals surface area contributed by atoms with E-state index in [9.17, 15) is 0 Å². The summed E-state index contributed by atoms with van der Waals surface area (Å²) >= 11 is 7.70. The van der Waals surface area contributed by atoms with E-state index < -0.39 is 0 Å². The number of hydrogen-bond donors (Lipinski definition) is 0. The van der Waals surface area contributed by atoms with Crippen LogP contribution in [0, 0.1) is 13.8 Å². The molecule has 1 heterocycles. The van der Waals surface area contributed by atoms with Gasteiger partial charge in [-0.3, -0.25) is 4.57 Å². The van der Waals surface area contributed by atoms with E-state index in [1.54, 1.807) is 11.8 Å². The van der Waals surface area contributed by atoms with Gasteiger partial charge in [-0.15, -0.1) is 10.2 Å². The Morgan fingerprint density at radius 3 is 2.54 bits per heavy atom. The average molecular weight is 360 g/mol. The first-order valence-corrected chi connectivity index (χ1v) is 9.00. The first-order valence-electron chi connectivity index (χ1n) is 7.64. The van der Waals surface area contributed by atoms with Crippen LogP contribution in [0.2, 0.25) is 5.02 Å². The second-order valence-corrected chi connectivity index (χ2v) is 6.80. The molecule has 0 aliphatic rings. The molecule has 0 aliphatic carbocycles. The third-order valence-electron chi connectivity index (χ3n) is 3.50. The van der Waals surface area contributed by atoms with Crippen molar-refractivity contribution < 1.29 is 4.74 Å². The Morgan fingerprint density at radius 1 is 1.04 bits per heavy atom. The Labute approximate surface area is 150 Å². The van der Waals surface area contributed by atoms with Gasteiger partial charge in [0.2, 0.25) is 0 Å². The Bertz CT molecular complexity index is 817. The van der Waals surface area contributed by atoms with E-state index in [2.05, 4.69) is 46.0 Å². The summed E-state index contributed by atoms with van der Waals surface area (Å²) in [6.45, 7) is 4.58. The number of para-hydroxylation sites is 1. The number of ether oxygens (including phenoxy) is 1. The quantitative estimate of drug-likeness (QED) is 0.472. The lowest BCUT2D eigenvalue weighted by Gasteiger charge is -2.10. The van der Waals surface area contributed by atoms with Crippen molar-refractivity contribution in [1.82, 2.24) is 14.8 Å². The number of aryl methyl sites for hydroxylation is 2. The van der Waals surface area contributed by atoms with Crippen molar-refractivity contribution in [3.05, 3.63) is 64.9 Å². The molecule has 0 aliphatic heterocycles. The SMILES string of the molecule is Cc1ccc(-n2c(C)nnc2SCCOc2ccccc2Cl)cc1. The lowest BCUT2D eigenvalue weighted by molar-refractivity contribution is 0.344. The van der Waals surface area contributed by atoms with Gasteiger partial charge in [0.05, 0.1) is 11.6 Å². The van der Waals surface area contributed by atoms with Gasteiger partial charge >= 0.3 is 0 Å². The topological polar surface area (TPSA) is 39.9 Å². The van der Waals surface area contributed by atoms with E-state index in [4.69, 9.17) is 16.3 Å². The van der Waals surface area contributed by atoms with Crippen LogP contribution in [0.5, 0.6) is 5.75 Å². The fourth-order valence-electron chi connectivity index (χ4n) is 2.27. The van der Waals surface area contributed by atoms with E-state index in [0.29, 0.717) is 17.4 Å². The van der Waals surface area contributed by atoms with Crippen LogP contribution in [0.25, 0.3) is 5.69 Å². The van der Waals surface area contributed by atoms with Crippen LogP contribution in [0.15, 0.2) is 53.7 Å². The van der Waals surface area contributed by atoms with Crippen molar-refractivity contribution in [2.24, 2.45) is 0 Å². The lowest BCUT2D eigenvalue weighted by atomic mass is 10.2. The summed E-state index contributed by atoms with van der Waals surface area (Å²) in [4.78, 5) is 0. The molecule has 0 saturated carbocycles. The number of hydrogen-bond acceptors (Lipinski definition) is 4. The van der Waals surface area contributed by atoms with E-state index in [-0.39, 0.29) is 0 Å². The van der Waals surface area contributed by atoms with Crippen LogP contribution in [-0.4, -0.2) is 27.1 Å². The molecule has 3 aromatic rings. The minimum atomic E-state index is 0.550. The standard InChI is InChI=1S/C18H18ClN3OS/c1-13-7-9-15(10-8-13)22-14(2)20-21-18(22)24-12-11-23-17-6-4-3-5-16(17)19/h3-10H,11-12H2,1-2H3. The van der Waals surface area contributed by atoms with Crippen molar-refractivity contribution in [2.75, 3.05) is 12.4 Å². The maximum Gasteiger partial charge on any atom is 0.195 e. The predicted molar refractivity (Wildman–Crippen MR) is 98.5 cm³/mol. The number of benzene rings is 2. The predicted octanol–water partition coefficient (Wildman–Crippen LogP) is 4.71. The molecule has 2 aromatic carbocycles. The molecular formula is C18H18ClN3OS. The van der Waals surface area contributed by atoms with Crippen LogP contribution in [0.1, 0.15) is 11.4 Å². The second-order valence-electron chi connectivity index (χ2n) is 5.33. The summed E-state index contributed by atoms with van der Waals surface area (Å²) in [7, 11) is 0. The molecule has 1 aromatic heterocycles. The number of halogens is 1. The normalized spacial score (nSPS) is 10.8. The van der Waals surface area contributed by atoms with Crippen molar-refractivity contribution in [3.63, 3.8) is 0 Å². The zero-order valence-corrected chi connectivity index (χ0v) is 15.1. The van der Waals surface area contributed by atoms with Gasteiger partial charge < -0.3 is 4.74 Å². The highest BCUT2D eigenvalue weighted by molar-refractivity contribution is 7.99. The first kappa shape index (κ1) is 16.9. The van der Waals surface area contributed by atoms with Crippen LogP contribution in [0.3, 0.4) is 0 Å². The Hall–Kier alpha value is -1.98. The maximum absolute atomic E-state index is 6.08. The summed E-state index contributed by atoms with van der Waals surface area (Å²) in [5.41, 5.74) is 2.30. The minimum absolute atomic E-state index is 0.550. The van der Waals surface area contributed by atoms with Gasteiger partial charge in [0.15, 0.2) is 5.16 Å². The Kier molecular flexibility index (Phi) is 5.43. The molecule has 24 heavy (non-hydrogen) atoms. The van der Waals surface area contributed by atoms with Crippen molar-refractivity contribution in [2.45, 2.75) is 19.0 Å². The highest BCUT2D eigenvalue weighted by atomic mass is 35.5. The van der Waals surface area contributed by atoms with Crippen LogP contribution >= 0.6 is 23.4 Å². The highest BCUT2D eigenvalue weighted by Gasteiger charge is 2.11. The molecule has 0 fully saturated rings. The number of aromatic nitrogens is 3. The van der Waals surface area contributed by atoms with Crippen molar-refractivity contribution >= 4 is 23.4 Å². The van der Waals surface area contributed by atoms with E-state index in [1.807, 2.05) is 31.2 Å². The van der Waals surface area contributed by atoms with Crippen LogP contribution in [0.4, 0.5) is 0 Å². The van der Waals surface area contributed by atoms with E-state index in [0.717, 1.165) is 22.4 Å². The molecule has 0 spiro atoms.